The van der Waals surface area contributed by atoms with Gasteiger partial charge in [0, 0.05) is 17.7 Å². The van der Waals surface area contributed by atoms with Crippen LogP contribution in [0.15, 0.2) is 90.1 Å². The van der Waals surface area contributed by atoms with Crippen LogP contribution in [0.4, 0.5) is 0 Å². The van der Waals surface area contributed by atoms with Gasteiger partial charge in [-0.25, -0.2) is 13.4 Å². The van der Waals surface area contributed by atoms with Crippen molar-refractivity contribution in [1.29, 1.82) is 0 Å². The van der Waals surface area contributed by atoms with Gasteiger partial charge in [0.2, 0.25) is 15.0 Å². The number of aromatic nitrogens is 2. The van der Waals surface area contributed by atoms with Crippen LogP contribution >= 0.6 is 0 Å². The zero-order valence-corrected chi connectivity index (χ0v) is 21.1. The molecule has 4 nitrogen and oxygen atoms in total. The Morgan fingerprint density at radius 3 is 1.88 bits per heavy atom. The molecule has 5 heteroatoms. The minimum Gasteiger partial charge on any atom is -0.314 e. The number of benzene rings is 3. The van der Waals surface area contributed by atoms with E-state index in [0.29, 0.717) is 12.2 Å². The molecular weight excluding hydrogens is 440 g/mol. The van der Waals surface area contributed by atoms with Crippen molar-refractivity contribution in [2.24, 2.45) is 0 Å². The van der Waals surface area contributed by atoms with E-state index in [0.717, 1.165) is 28.8 Å². The summed E-state index contributed by atoms with van der Waals surface area (Å²) in [5.41, 5.74) is 5.36. The van der Waals surface area contributed by atoms with E-state index in [9.17, 15) is 8.42 Å². The standard InChI is InChI=1S/C29H32N2O2S/c1-5-20-31-27(24-14-10-7-11-15-24)26(23-12-8-6-9-13-23)30-28(31)34(32,33)21-22-16-18-25(19-17-22)29(2,3)4/h6-19H,5,20-21H2,1-4H3. The van der Waals surface area contributed by atoms with Gasteiger partial charge >= 0.3 is 0 Å². The molecule has 0 saturated heterocycles. The van der Waals surface area contributed by atoms with Crippen LogP contribution in [0, 0.1) is 0 Å². The molecule has 0 N–H and O–H groups in total. The van der Waals surface area contributed by atoms with Crippen molar-refractivity contribution < 1.29 is 8.42 Å². The third kappa shape index (κ3) is 5.00. The van der Waals surface area contributed by atoms with Gasteiger partial charge in [-0.1, -0.05) is 113 Å². The third-order valence-electron chi connectivity index (χ3n) is 5.93. The smallest absolute Gasteiger partial charge is 0.229 e. The maximum Gasteiger partial charge on any atom is 0.229 e. The number of hydrogen-bond acceptors (Lipinski definition) is 3. The fraction of sp³-hybridized carbons (Fsp3) is 0.276. The summed E-state index contributed by atoms with van der Waals surface area (Å²) < 4.78 is 29.3. The first kappa shape index (κ1) is 24.0. The Labute approximate surface area is 203 Å². The molecule has 0 fully saturated rings. The van der Waals surface area contributed by atoms with Gasteiger partial charge in [-0.15, -0.1) is 0 Å². The molecule has 0 bridgehead atoms. The average Bonchev–Trinajstić information content (AvgIpc) is 3.20. The van der Waals surface area contributed by atoms with Gasteiger partial charge in [0.25, 0.3) is 0 Å². The summed E-state index contributed by atoms with van der Waals surface area (Å²) >= 11 is 0. The second-order valence-corrected chi connectivity index (χ2v) is 11.6. The van der Waals surface area contributed by atoms with Gasteiger partial charge in [0.05, 0.1) is 17.1 Å². The van der Waals surface area contributed by atoms with Gasteiger partial charge < -0.3 is 4.57 Å². The van der Waals surface area contributed by atoms with Gasteiger partial charge in [-0.3, -0.25) is 0 Å². The first-order valence-electron chi connectivity index (χ1n) is 11.7. The Bertz CT molecular complexity index is 1350. The molecule has 0 saturated carbocycles. The predicted molar refractivity (Wildman–Crippen MR) is 139 cm³/mol. The van der Waals surface area contributed by atoms with Crippen molar-refractivity contribution in [3.8, 4) is 22.5 Å². The van der Waals surface area contributed by atoms with Crippen molar-refractivity contribution in [2.45, 2.75) is 57.0 Å². The molecule has 0 atom stereocenters. The summed E-state index contributed by atoms with van der Waals surface area (Å²) in [6, 6.07) is 27.6. The Hall–Kier alpha value is -3.18. The molecule has 1 aromatic heterocycles. The predicted octanol–water partition coefficient (Wildman–Crippen LogP) is 6.90. The number of sulfone groups is 1. The van der Waals surface area contributed by atoms with Crippen LogP contribution in [-0.4, -0.2) is 18.0 Å². The summed E-state index contributed by atoms with van der Waals surface area (Å²) in [4.78, 5) is 4.78. The molecule has 0 aliphatic rings. The molecule has 4 aromatic rings. The van der Waals surface area contributed by atoms with Crippen LogP contribution in [0.25, 0.3) is 22.5 Å². The van der Waals surface area contributed by atoms with Crippen molar-refractivity contribution in [2.75, 3.05) is 0 Å². The first-order chi connectivity index (χ1) is 16.2. The lowest BCUT2D eigenvalue weighted by molar-refractivity contribution is 0.558. The highest BCUT2D eigenvalue weighted by Crippen LogP contribution is 2.35. The Morgan fingerprint density at radius 2 is 1.35 bits per heavy atom. The highest BCUT2D eigenvalue weighted by atomic mass is 32.2. The van der Waals surface area contributed by atoms with Crippen molar-refractivity contribution in [3.63, 3.8) is 0 Å². The van der Waals surface area contributed by atoms with Crippen LogP contribution in [0.1, 0.15) is 45.2 Å². The highest BCUT2D eigenvalue weighted by Gasteiger charge is 2.28. The van der Waals surface area contributed by atoms with Crippen LogP contribution < -0.4 is 0 Å². The SMILES string of the molecule is CCCn1c(S(=O)(=O)Cc2ccc(C(C)(C)C)cc2)nc(-c2ccccc2)c1-c1ccccc1. The van der Waals surface area contributed by atoms with E-state index in [-0.39, 0.29) is 16.3 Å². The molecule has 0 aliphatic heterocycles. The second kappa shape index (κ2) is 9.59. The fourth-order valence-electron chi connectivity index (χ4n) is 4.17. The molecule has 4 rings (SSSR count). The van der Waals surface area contributed by atoms with Crippen molar-refractivity contribution in [3.05, 3.63) is 96.1 Å². The number of hydrogen-bond donors (Lipinski definition) is 0. The van der Waals surface area contributed by atoms with E-state index in [1.807, 2.05) is 89.5 Å². The third-order valence-corrected chi connectivity index (χ3v) is 7.51. The topological polar surface area (TPSA) is 52.0 Å². The molecule has 0 aliphatic carbocycles. The maximum absolute atomic E-state index is 13.7. The Morgan fingerprint density at radius 1 is 0.794 bits per heavy atom. The van der Waals surface area contributed by atoms with E-state index in [2.05, 4.69) is 27.7 Å². The number of imidazole rings is 1. The summed E-state index contributed by atoms with van der Waals surface area (Å²) in [6.07, 6.45) is 0.799. The monoisotopic (exact) mass is 472 g/mol. The lowest BCUT2D eigenvalue weighted by Crippen LogP contribution is -2.14. The molecule has 34 heavy (non-hydrogen) atoms. The van der Waals surface area contributed by atoms with Gasteiger partial charge in [-0.05, 0) is 23.0 Å². The van der Waals surface area contributed by atoms with Gasteiger partial charge in [-0.2, -0.15) is 0 Å². The molecule has 0 amide bonds. The average molecular weight is 473 g/mol. The molecule has 3 aromatic carbocycles. The number of rotatable bonds is 7. The molecule has 0 unspecified atom stereocenters. The summed E-state index contributed by atoms with van der Waals surface area (Å²) in [5.74, 6) is -0.0827. The van der Waals surface area contributed by atoms with Crippen LogP contribution in [0.3, 0.4) is 0 Å². The fourth-order valence-corrected chi connectivity index (χ4v) is 5.68. The minimum atomic E-state index is -3.68. The van der Waals surface area contributed by atoms with Gasteiger partial charge in [0.15, 0.2) is 0 Å². The lowest BCUT2D eigenvalue weighted by atomic mass is 9.87. The molecular formula is C29H32N2O2S. The highest BCUT2D eigenvalue weighted by molar-refractivity contribution is 7.90. The second-order valence-electron chi connectivity index (χ2n) is 9.68. The Kier molecular flexibility index (Phi) is 6.76. The van der Waals surface area contributed by atoms with E-state index < -0.39 is 9.84 Å². The largest absolute Gasteiger partial charge is 0.314 e. The molecule has 0 radical (unpaired) electrons. The minimum absolute atomic E-state index is 0.0178. The van der Waals surface area contributed by atoms with Crippen LogP contribution in [0.2, 0.25) is 0 Å². The van der Waals surface area contributed by atoms with Crippen LogP contribution in [-0.2, 0) is 27.5 Å². The normalized spacial score (nSPS) is 12.1. The summed E-state index contributed by atoms with van der Waals surface area (Å²) in [7, 11) is -3.68. The van der Waals surface area contributed by atoms with Crippen molar-refractivity contribution in [1.82, 2.24) is 9.55 Å². The quantitative estimate of drug-likeness (QED) is 0.294. The van der Waals surface area contributed by atoms with E-state index in [1.54, 1.807) is 0 Å². The van der Waals surface area contributed by atoms with Gasteiger partial charge in [0.1, 0.15) is 0 Å². The summed E-state index contributed by atoms with van der Waals surface area (Å²) in [5, 5.41) is 0.131. The van der Waals surface area contributed by atoms with Crippen molar-refractivity contribution >= 4 is 9.84 Å². The first-order valence-corrected chi connectivity index (χ1v) is 13.4. The summed E-state index contributed by atoms with van der Waals surface area (Å²) in [6.45, 7) is 9.07. The lowest BCUT2D eigenvalue weighted by Gasteiger charge is -2.19. The Balaban J connectivity index is 1.84. The molecule has 1 heterocycles. The molecule has 176 valence electrons. The zero-order valence-electron chi connectivity index (χ0n) is 20.3. The zero-order chi connectivity index (χ0) is 24.3. The molecule has 0 spiro atoms. The number of nitrogens with zero attached hydrogens (tertiary/aromatic N) is 2. The van der Waals surface area contributed by atoms with Crippen LogP contribution in [0.5, 0.6) is 0 Å². The van der Waals surface area contributed by atoms with E-state index in [1.165, 1.54) is 5.56 Å². The van der Waals surface area contributed by atoms with E-state index >= 15 is 0 Å². The maximum atomic E-state index is 13.7. The van der Waals surface area contributed by atoms with E-state index in [4.69, 9.17) is 4.98 Å².